The van der Waals surface area contributed by atoms with Crippen LogP contribution in [0, 0.1) is 17.8 Å². The van der Waals surface area contributed by atoms with Gasteiger partial charge in [0, 0.05) is 28.6 Å². The van der Waals surface area contributed by atoms with E-state index >= 15 is 0 Å². The number of rotatable bonds is 21. The monoisotopic (exact) mass is 717 g/mol. The van der Waals surface area contributed by atoms with Gasteiger partial charge in [-0.1, -0.05) is 128 Å². The molecule has 0 radical (unpaired) electrons. The molecule has 0 atom stereocenters. The van der Waals surface area contributed by atoms with Gasteiger partial charge in [-0.15, -0.1) is 5.11 Å². The molecule has 4 rings (SSSR count). The number of carbonyl (C=O) groups excluding carboxylic acids is 1. The molecule has 0 saturated heterocycles. The Morgan fingerprint density at radius 1 is 0.717 bits per heavy atom. The van der Waals surface area contributed by atoms with E-state index in [1.165, 1.54) is 43.2 Å². The summed E-state index contributed by atoms with van der Waals surface area (Å²) >= 11 is 0. The van der Waals surface area contributed by atoms with Crippen LogP contribution in [-0.2, 0) is 22.5 Å². The van der Waals surface area contributed by atoms with Gasteiger partial charge in [-0.25, -0.2) is 4.79 Å². The maximum atomic E-state index is 11.4. The smallest absolute Gasteiger partial charge is 0.333 e. The van der Waals surface area contributed by atoms with Crippen molar-refractivity contribution in [3.8, 4) is 5.75 Å². The fourth-order valence-corrected chi connectivity index (χ4v) is 6.09. The first-order valence-corrected chi connectivity index (χ1v) is 19.7. The zero-order valence-corrected chi connectivity index (χ0v) is 33.5. The molecule has 1 N–H and O–H groups in total. The number of nitrogens with zero attached hydrogens (tertiary/aromatic N) is 2. The van der Waals surface area contributed by atoms with Crippen LogP contribution in [0.25, 0.3) is 10.8 Å². The van der Waals surface area contributed by atoms with Crippen molar-refractivity contribution in [3.05, 3.63) is 108 Å². The molecule has 0 aliphatic carbocycles. The first kappa shape index (κ1) is 41.3. The summed E-state index contributed by atoms with van der Waals surface area (Å²) in [5, 5.41) is 15.2. The number of nitrogens with one attached hydrogen (secondary N) is 1. The van der Waals surface area contributed by atoms with E-state index in [-0.39, 0.29) is 16.8 Å². The molecule has 0 aromatic heterocycles. The van der Waals surface area contributed by atoms with Crippen LogP contribution < -0.4 is 10.1 Å². The van der Waals surface area contributed by atoms with Crippen LogP contribution in [0.4, 0.5) is 17.1 Å². The summed E-state index contributed by atoms with van der Waals surface area (Å²) in [4.78, 5) is 11.4. The molecule has 0 aliphatic rings. The Morgan fingerprint density at radius 3 is 1.94 bits per heavy atom. The number of anilines is 1. The second-order valence-corrected chi connectivity index (χ2v) is 16.2. The minimum atomic E-state index is -0.286. The highest BCUT2D eigenvalue weighted by Gasteiger charge is 2.32. The second kappa shape index (κ2) is 20.1. The van der Waals surface area contributed by atoms with Gasteiger partial charge >= 0.3 is 5.97 Å². The number of benzene rings is 4. The van der Waals surface area contributed by atoms with Gasteiger partial charge in [-0.05, 0) is 97.4 Å². The van der Waals surface area contributed by atoms with Gasteiger partial charge in [0.15, 0.2) is 0 Å². The molecule has 0 aliphatic heterocycles. The molecule has 53 heavy (non-hydrogen) atoms. The Labute approximate surface area is 319 Å². The number of hydrogen-bond donors (Lipinski definition) is 1. The van der Waals surface area contributed by atoms with E-state index in [0.717, 1.165) is 77.9 Å². The minimum Gasteiger partial charge on any atom is -0.494 e. The van der Waals surface area contributed by atoms with Crippen LogP contribution >= 0.6 is 0 Å². The predicted octanol–water partition coefficient (Wildman–Crippen LogP) is 13.8. The lowest BCUT2D eigenvalue weighted by atomic mass is 9.66. The predicted molar refractivity (Wildman–Crippen MR) is 223 cm³/mol. The van der Waals surface area contributed by atoms with E-state index in [1.54, 1.807) is 6.92 Å². The third-order valence-corrected chi connectivity index (χ3v) is 10.8. The van der Waals surface area contributed by atoms with Crippen molar-refractivity contribution in [1.29, 1.82) is 0 Å². The summed E-state index contributed by atoms with van der Waals surface area (Å²) in [5.41, 5.74) is 7.52. The van der Waals surface area contributed by atoms with E-state index in [1.807, 2.05) is 0 Å². The molecule has 0 spiro atoms. The van der Waals surface area contributed by atoms with Gasteiger partial charge in [0.05, 0.1) is 24.6 Å². The zero-order chi connectivity index (χ0) is 38.3. The molecular formula is C47H63N3O3. The topological polar surface area (TPSA) is 72.3 Å². The maximum Gasteiger partial charge on any atom is 0.333 e. The highest BCUT2D eigenvalue weighted by atomic mass is 16.5. The molecule has 0 amide bonds. The van der Waals surface area contributed by atoms with Crippen molar-refractivity contribution >= 4 is 33.8 Å². The van der Waals surface area contributed by atoms with Crippen LogP contribution in [0.1, 0.15) is 116 Å². The summed E-state index contributed by atoms with van der Waals surface area (Å²) < 4.78 is 11.2. The first-order chi connectivity index (χ1) is 25.3. The number of carbonyl (C=O) groups is 1. The number of esters is 1. The Bertz CT molecular complexity index is 1800. The fourth-order valence-electron chi connectivity index (χ4n) is 6.09. The molecule has 0 heterocycles. The Hall–Kier alpha value is -4.45. The highest BCUT2D eigenvalue weighted by Crippen LogP contribution is 2.42. The van der Waals surface area contributed by atoms with Crippen LogP contribution in [0.15, 0.2) is 101 Å². The summed E-state index contributed by atoms with van der Waals surface area (Å²) in [6.45, 7) is 21.1. The molecule has 4 aromatic carbocycles. The van der Waals surface area contributed by atoms with Gasteiger partial charge in [0.25, 0.3) is 0 Å². The fraction of sp³-hybridized carbons (Fsp3) is 0.468. The standard InChI is InChI=1S/C47H63N3O3/c1-35(2)45(51)53-32-18-14-12-10-9-11-13-17-31-52-39-24-21-38(22-25-39)34-48-43-27-28-44(41-20-16-15-19-40(41)43)50-49-42-26-23-37(33-36(42)3)29-30-47(7,8)46(4,5)6/h15-16,19-28,33,48H,1,9-14,17-18,29-32,34H2,2-8H3. The lowest BCUT2D eigenvalue weighted by Gasteiger charge is -2.39. The maximum absolute atomic E-state index is 11.4. The molecule has 0 fully saturated rings. The number of unbranched alkanes of at least 4 members (excludes halogenated alkanes) is 7. The molecule has 284 valence electrons. The highest BCUT2D eigenvalue weighted by molar-refractivity contribution is 6.00. The molecule has 0 bridgehead atoms. The Kier molecular flexibility index (Phi) is 15.7. The lowest BCUT2D eigenvalue weighted by Crippen LogP contribution is -2.30. The van der Waals surface area contributed by atoms with Crippen molar-refractivity contribution in [2.24, 2.45) is 21.1 Å². The van der Waals surface area contributed by atoms with Crippen molar-refractivity contribution in [3.63, 3.8) is 0 Å². The second-order valence-electron chi connectivity index (χ2n) is 16.2. The summed E-state index contributed by atoms with van der Waals surface area (Å²) in [5.74, 6) is 0.626. The lowest BCUT2D eigenvalue weighted by molar-refractivity contribution is -0.139. The molecular weight excluding hydrogens is 655 g/mol. The SMILES string of the molecule is C=C(C)C(=O)OCCCCCCCCCCOc1ccc(CNc2ccc(N=Nc3ccc(CCC(C)(C)C(C)(C)C)cc3C)c3ccccc23)cc1. The van der Waals surface area contributed by atoms with Gasteiger partial charge in [-0.2, -0.15) is 5.11 Å². The average Bonchev–Trinajstić information content (AvgIpc) is 3.13. The molecule has 6 heteroatoms. The minimum absolute atomic E-state index is 0.261. The van der Waals surface area contributed by atoms with E-state index < -0.39 is 0 Å². The molecule has 0 unspecified atom stereocenters. The van der Waals surface area contributed by atoms with Gasteiger partial charge in [0.1, 0.15) is 5.75 Å². The van der Waals surface area contributed by atoms with Crippen LogP contribution in [0.3, 0.4) is 0 Å². The largest absolute Gasteiger partial charge is 0.494 e. The van der Waals surface area contributed by atoms with Crippen molar-refractivity contribution in [1.82, 2.24) is 0 Å². The van der Waals surface area contributed by atoms with Crippen molar-refractivity contribution < 1.29 is 14.3 Å². The van der Waals surface area contributed by atoms with Crippen LogP contribution in [-0.4, -0.2) is 19.2 Å². The van der Waals surface area contributed by atoms with Gasteiger partial charge in [-0.3, -0.25) is 0 Å². The summed E-state index contributed by atoms with van der Waals surface area (Å²) in [6, 6.07) is 27.5. The van der Waals surface area contributed by atoms with E-state index in [4.69, 9.17) is 14.6 Å². The number of hydrogen-bond acceptors (Lipinski definition) is 6. The van der Waals surface area contributed by atoms with Crippen LogP contribution in [0.2, 0.25) is 0 Å². The van der Waals surface area contributed by atoms with Crippen molar-refractivity contribution in [2.75, 3.05) is 18.5 Å². The Morgan fingerprint density at radius 2 is 1.30 bits per heavy atom. The number of aryl methyl sites for hydroxylation is 2. The molecule has 6 nitrogen and oxygen atoms in total. The summed E-state index contributed by atoms with van der Waals surface area (Å²) in [6.07, 6.45) is 11.3. The number of azo groups is 1. The Balaban J connectivity index is 1.20. The van der Waals surface area contributed by atoms with Crippen molar-refractivity contribution in [2.45, 2.75) is 119 Å². The van der Waals surface area contributed by atoms with E-state index in [0.29, 0.717) is 18.7 Å². The number of ether oxygens (including phenoxy) is 2. The summed E-state index contributed by atoms with van der Waals surface area (Å²) in [7, 11) is 0. The third-order valence-electron chi connectivity index (χ3n) is 10.8. The zero-order valence-electron chi connectivity index (χ0n) is 33.5. The molecule has 4 aromatic rings. The number of fused-ring (bicyclic) bond motifs is 1. The van der Waals surface area contributed by atoms with Gasteiger partial charge in [0.2, 0.25) is 0 Å². The molecule has 0 saturated carbocycles. The normalized spacial score (nSPS) is 12.0. The average molecular weight is 718 g/mol. The van der Waals surface area contributed by atoms with Crippen LogP contribution in [0.5, 0.6) is 5.75 Å². The quantitative estimate of drug-likeness (QED) is 0.0403. The first-order valence-electron chi connectivity index (χ1n) is 19.7. The van der Waals surface area contributed by atoms with E-state index in [9.17, 15) is 4.79 Å². The van der Waals surface area contributed by atoms with E-state index in [2.05, 4.69) is 137 Å². The van der Waals surface area contributed by atoms with Gasteiger partial charge < -0.3 is 14.8 Å². The third kappa shape index (κ3) is 13.2.